The molecule has 0 aliphatic heterocycles. The van der Waals surface area contributed by atoms with Gasteiger partial charge in [-0.15, -0.1) is 0 Å². The van der Waals surface area contributed by atoms with Crippen molar-refractivity contribution in [1.82, 2.24) is 9.78 Å². The summed E-state index contributed by atoms with van der Waals surface area (Å²) in [4.78, 5) is 0. The van der Waals surface area contributed by atoms with Crippen LogP contribution in [0.4, 0.5) is 4.39 Å². The number of benzene rings is 1. The number of aromatic nitrogens is 2. The Kier molecular flexibility index (Phi) is 4.23. The van der Waals surface area contributed by atoms with E-state index in [0.717, 1.165) is 28.9 Å². The minimum atomic E-state index is -0.253. The quantitative estimate of drug-likeness (QED) is 0.931. The second kappa shape index (κ2) is 5.75. The summed E-state index contributed by atoms with van der Waals surface area (Å²) < 4.78 is 16.0. The number of para-hydroxylation sites is 1. The Morgan fingerprint density at radius 2 is 2.00 bits per heavy atom. The van der Waals surface area contributed by atoms with Crippen LogP contribution in [0.15, 0.2) is 18.2 Å². The molecule has 0 spiro atoms. The van der Waals surface area contributed by atoms with Crippen molar-refractivity contribution in [2.75, 3.05) is 0 Å². The predicted molar refractivity (Wildman–Crippen MR) is 79.7 cm³/mol. The summed E-state index contributed by atoms with van der Waals surface area (Å²) in [6, 6.07) is 5.17. The van der Waals surface area contributed by atoms with Gasteiger partial charge in [0.25, 0.3) is 0 Å². The molecule has 4 heteroatoms. The molecule has 0 aliphatic rings. The topological polar surface area (TPSA) is 43.8 Å². The number of aryl methyl sites for hydroxylation is 1. The number of rotatable bonds is 4. The zero-order chi connectivity index (χ0) is 14.9. The van der Waals surface area contributed by atoms with Crippen molar-refractivity contribution >= 4 is 0 Å². The molecule has 108 valence electrons. The molecule has 0 saturated heterocycles. The summed E-state index contributed by atoms with van der Waals surface area (Å²) in [6.45, 7) is 7.95. The van der Waals surface area contributed by atoms with E-state index < -0.39 is 0 Å². The molecule has 0 aliphatic carbocycles. The Morgan fingerprint density at radius 3 is 2.55 bits per heavy atom. The summed E-state index contributed by atoms with van der Waals surface area (Å²) in [6.07, 6.45) is 1.52. The van der Waals surface area contributed by atoms with Gasteiger partial charge in [-0.05, 0) is 50.8 Å². The van der Waals surface area contributed by atoms with Crippen LogP contribution in [-0.4, -0.2) is 15.8 Å². The molecule has 0 amide bonds. The highest BCUT2D eigenvalue weighted by molar-refractivity contribution is 5.45. The third-order valence-corrected chi connectivity index (χ3v) is 3.94. The largest absolute Gasteiger partial charge is 0.327 e. The molecule has 20 heavy (non-hydrogen) atoms. The molecule has 0 saturated carbocycles. The van der Waals surface area contributed by atoms with Gasteiger partial charge in [-0.1, -0.05) is 19.1 Å². The summed E-state index contributed by atoms with van der Waals surface area (Å²) >= 11 is 0. The van der Waals surface area contributed by atoms with Crippen LogP contribution in [0.25, 0.3) is 5.69 Å². The smallest absolute Gasteiger partial charge is 0.149 e. The van der Waals surface area contributed by atoms with Crippen molar-refractivity contribution in [3.05, 3.63) is 46.5 Å². The number of nitrogens with two attached hydrogens (primary N) is 1. The van der Waals surface area contributed by atoms with Gasteiger partial charge >= 0.3 is 0 Å². The fourth-order valence-corrected chi connectivity index (χ4v) is 2.33. The normalized spacial score (nSPS) is 12.7. The zero-order valence-corrected chi connectivity index (χ0v) is 12.6. The first-order valence-corrected chi connectivity index (χ1v) is 7.01. The molecule has 1 aromatic carbocycles. The van der Waals surface area contributed by atoms with Crippen LogP contribution in [0.3, 0.4) is 0 Å². The van der Waals surface area contributed by atoms with Crippen LogP contribution >= 0.6 is 0 Å². The van der Waals surface area contributed by atoms with E-state index in [4.69, 9.17) is 5.73 Å². The molecule has 0 bridgehead atoms. The number of halogens is 1. The van der Waals surface area contributed by atoms with Crippen molar-refractivity contribution in [3.8, 4) is 5.69 Å². The molecular weight excluding hydrogens is 253 g/mol. The summed E-state index contributed by atoms with van der Waals surface area (Å²) in [5.74, 6) is -0.253. The first-order chi connectivity index (χ1) is 9.45. The van der Waals surface area contributed by atoms with E-state index in [-0.39, 0.29) is 11.9 Å². The molecule has 3 nitrogen and oxygen atoms in total. The Bertz CT molecular complexity index is 616. The maximum atomic E-state index is 14.3. The lowest BCUT2D eigenvalue weighted by Crippen LogP contribution is -2.22. The van der Waals surface area contributed by atoms with Gasteiger partial charge in [0.05, 0.1) is 5.69 Å². The van der Waals surface area contributed by atoms with Gasteiger partial charge in [-0.25, -0.2) is 9.07 Å². The van der Waals surface area contributed by atoms with E-state index >= 15 is 0 Å². The molecular formula is C16H22FN3. The van der Waals surface area contributed by atoms with Crippen LogP contribution in [0.2, 0.25) is 0 Å². The van der Waals surface area contributed by atoms with E-state index in [2.05, 4.69) is 5.10 Å². The molecule has 1 atom stereocenters. The summed E-state index contributed by atoms with van der Waals surface area (Å²) in [5.41, 5.74) is 10.5. The van der Waals surface area contributed by atoms with Gasteiger partial charge in [-0.2, -0.15) is 5.10 Å². The van der Waals surface area contributed by atoms with Crippen LogP contribution in [-0.2, 0) is 6.42 Å². The molecule has 0 radical (unpaired) electrons. The first kappa shape index (κ1) is 14.7. The number of nitrogens with zero attached hydrogens (tertiary/aromatic N) is 2. The molecule has 1 aromatic heterocycles. The Labute approximate surface area is 119 Å². The van der Waals surface area contributed by atoms with E-state index in [9.17, 15) is 4.39 Å². The van der Waals surface area contributed by atoms with E-state index in [1.165, 1.54) is 6.07 Å². The van der Waals surface area contributed by atoms with Crippen LogP contribution in [0.1, 0.15) is 35.9 Å². The Morgan fingerprint density at radius 1 is 1.30 bits per heavy atom. The van der Waals surface area contributed by atoms with Crippen LogP contribution in [0.5, 0.6) is 0 Å². The van der Waals surface area contributed by atoms with Gasteiger partial charge in [0.1, 0.15) is 11.5 Å². The maximum Gasteiger partial charge on any atom is 0.149 e. The third kappa shape index (κ3) is 2.61. The second-order valence-electron chi connectivity index (χ2n) is 5.33. The monoisotopic (exact) mass is 275 g/mol. The van der Waals surface area contributed by atoms with Crippen molar-refractivity contribution in [2.45, 2.75) is 46.6 Å². The highest BCUT2D eigenvalue weighted by Crippen LogP contribution is 2.24. The number of hydrogen-bond acceptors (Lipinski definition) is 2. The lowest BCUT2D eigenvalue weighted by Gasteiger charge is -2.15. The predicted octanol–water partition coefficient (Wildman–Crippen LogP) is 3.22. The van der Waals surface area contributed by atoms with Crippen molar-refractivity contribution in [3.63, 3.8) is 0 Å². The van der Waals surface area contributed by atoms with Gasteiger partial charge in [0.15, 0.2) is 0 Å². The minimum Gasteiger partial charge on any atom is -0.327 e. The second-order valence-corrected chi connectivity index (χ2v) is 5.33. The highest BCUT2D eigenvalue weighted by Gasteiger charge is 2.17. The lowest BCUT2D eigenvalue weighted by atomic mass is 10.0. The van der Waals surface area contributed by atoms with E-state index in [0.29, 0.717) is 12.1 Å². The average Bonchev–Trinajstić information content (AvgIpc) is 2.66. The van der Waals surface area contributed by atoms with E-state index in [1.807, 2.05) is 33.8 Å². The highest BCUT2D eigenvalue weighted by atomic mass is 19.1. The zero-order valence-electron chi connectivity index (χ0n) is 12.6. The molecule has 0 fully saturated rings. The third-order valence-electron chi connectivity index (χ3n) is 3.94. The van der Waals surface area contributed by atoms with Crippen molar-refractivity contribution < 1.29 is 4.39 Å². The molecule has 2 N–H and O–H groups in total. The number of hydrogen-bond donors (Lipinski definition) is 1. The van der Waals surface area contributed by atoms with Crippen LogP contribution in [0, 0.1) is 26.6 Å². The minimum absolute atomic E-state index is 0.0358. The average molecular weight is 275 g/mol. The molecule has 2 aromatic rings. The SMILES string of the molecule is CCC(N)Cc1cccc(F)c1-n1nc(C)c(C)c1C. The van der Waals surface area contributed by atoms with Crippen LogP contribution < -0.4 is 5.73 Å². The lowest BCUT2D eigenvalue weighted by molar-refractivity contribution is 0.593. The standard InChI is InChI=1S/C16H22FN3/c1-5-14(18)9-13-7-6-8-15(17)16(13)20-12(4)10(2)11(3)19-20/h6-8,14H,5,9,18H2,1-4H3. The van der Waals surface area contributed by atoms with Gasteiger partial charge in [0, 0.05) is 11.7 Å². The molecule has 1 heterocycles. The Hall–Kier alpha value is -1.68. The summed E-state index contributed by atoms with van der Waals surface area (Å²) in [5, 5.41) is 4.47. The molecule has 2 rings (SSSR count). The van der Waals surface area contributed by atoms with E-state index in [1.54, 1.807) is 10.7 Å². The maximum absolute atomic E-state index is 14.3. The fourth-order valence-electron chi connectivity index (χ4n) is 2.33. The summed E-state index contributed by atoms with van der Waals surface area (Å²) in [7, 11) is 0. The fraction of sp³-hybridized carbons (Fsp3) is 0.438. The first-order valence-electron chi connectivity index (χ1n) is 7.01. The Balaban J connectivity index is 2.57. The van der Waals surface area contributed by atoms with Gasteiger partial charge in [-0.3, -0.25) is 0 Å². The van der Waals surface area contributed by atoms with Crippen molar-refractivity contribution in [1.29, 1.82) is 0 Å². The van der Waals surface area contributed by atoms with Gasteiger partial charge in [0.2, 0.25) is 0 Å². The van der Waals surface area contributed by atoms with Gasteiger partial charge < -0.3 is 5.73 Å². The molecule has 1 unspecified atom stereocenters. The van der Waals surface area contributed by atoms with Crippen molar-refractivity contribution in [2.24, 2.45) is 5.73 Å².